The van der Waals surface area contributed by atoms with E-state index in [4.69, 9.17) is 4.98 Å². The van der Waals surface area contributed by atoms with Gasteiger partial charge in [0.05, 0.1) is 5.69 Å². The third-order valence-electron chi connectivity index (χ3n) is 7.60. The maximum absolute atomic E-state index is 13.3. The van der Waals surface area contributed by atoms with Crippen LogP contribution in [0.3, 0.4) is 0 Å². The third-order valence-corrected chi connectivity index (χ3v) is 7.60. The highest BCUT2D eigenvalue weighted by atomic mass is 16.1. The SMILES string of the molecule is CC(C)(C)C1CCCN1Cc1cn2c(C(=O)NCC(CC3CC3)c3ccccc3)cccc2n1. The molecule has 5 heteroatoms. The van der Waals surface area contributed by atoms with Crippen LogP contribution in [0.25, 0.3) is 5.65 Å². The largest absolute Gasteiger partial charge is 0.350 e. The summed E-state index contributed by atoms with van der Waals surface area (Å²) in [5.74, 6) is 1.14. The number of benzene rings is 1. The fraction of sp³-hybridized carbons (Fsp3) is 0.517. The van der Waals surface area contributed by atoms with E-state index >= 15 is 0 Å². The first kappa shape index (κ1) is 23.1. The summed E-state index contributed by atoms with van der Waals surface area (Å²) in [4.78, 5) is 20.7. The van der Waals surface area contributed by atoms with E-state index in [1.807, 2.05) is 22.6 Å². The zero-order valence-electron chi connectivity index (χ0n) is 20.8. The van der Waals surface area contributed by atoms with Gasteiger partial charge in [0.15, 0.2) is 0 Å². The van der Waals surface area contributed by atoms with E-state index in [1.54, 1.807) is 0 Å². The zero-order valence-corrected chi connectivity index (χ0v) is 20.8. The lowest BCUT2D eigenvalue weighted by molar-refractivity contribution is 0.0944. The molecule has 3 heterocycles. The van der Waals surface area contributed by atoms with Gasteiger partial charge in [-0.3, -0.25) is 14.1 Å². The topological polar surface area (TPSA) is 49.6 Å². The van der Waals surface area contributed by atoms with Crippen molar-refractivity contribution in [3.63, 3.8) is 0 Å². The second-order valence-corrected chi connectivity index (χ2v) is 11.4. The van der Waals surface area contributed by atoms with Gasteiger partial charge in [0.1, 0.15) is 11.3 Å². The van der Waals surface area contributed by atoms with Crippen LogP contribution in [-0.4, -0.2) is 39.3 Å². The summed E-state index contributed by atoms with van der Waals surface area (Å²) in [7, 11) is 0. The van der Waals surface area contributed by atoms with Gasteiger partial charge in [-0.25, -0.2) is 4.98 Å². The summed E-state index contributed by atoms with van der Waals surface area (Å²) < 4.78 is 1.96. The number of nitrogens with zero attached hydrogens (tertiary/aromatic N) is 3. The number of hydrogen-bond acceptors (Lipinski definition) is 3. The Kier molecular flexibility index (Phi) is 6.48. The van der Waals surface area contributed by atoms with Crippen LogP contribution in [0.1, 0.15) is 80.5 Å². The first-order valence-electron chi connectivity index (χ1n) is 12.9. The molecule has 1 aliphatic heterocycles. The maximum Gasteiger partial charge on any atom is 0.268 e. The molecule has 2 atom stereocenters. The van der Waals surface area contributed by atoms with Crippen molar-refractivity contribution in [2.24, 2.45) is 11.3 Å². The van der Waals surface area contributed by atoms with Crippen molar-refractivity contribution in [1.82, 2.24) is 19.6 Å². The quantitative estimate of drug-likeness (QED) is 0.474. The number of likely N-dealkylation sites (tertiary alicyclic amines) is 1. The molecule has 2 fully saturated rings. The van der Waals surface area contributed by atoms with Gasteiger partial charge in [0.25, 0.3) is 5.91 Å². The Hall–Kier alpha value is -2.66. The lowest BCUT2D eigenvalue weighted by Gasteiger charge is -2.34. The number of aromatic nitrogens is 2. The highest BCUT2D eigenvalue weighted by molar-refractivity contribution is 5.93. The van der Waals surface area contributed by atoms with E-state index in [9.17, 15) is 4.79 Å². The number of carbonyl (C=O) groups is 1. The number of nitrogens with one attached hydrogen (secondary N) is 1. The Morgan fingerprint density at radius 1 is 1.09 bits per heavy atom. The van der Waals surface area contributed by atoms with E-state index in [0.717, 1.165) is 36.8 Å². The minimum atomic E-state index is -0.0278. The summed E-state index contributed by atoms with van der Waals surface area (Å²) in [5.41, 5.74) is 4.11. The molecular weight excluding hydrogens is 420 g/mol. The van der Waals surface area contributed by atoms with Crippen LogP contribution in [0.15, 0.2) is 54.7 Å². The fourth-order valence-electron chi connectivity index (χ4n) is 5.65. The molecule has 2 aliphatic rings. The molecule has 3 aromatic rings. The van der Waals surface area contributed by atoms with Crippen LogP contribution in [0.5, 0.6) is 0 Å². The Bertz CT molecular complexity index is 1130. The number of imidazole rings is 1. The zero-order chi connectivity index (χ0) is 23.7. The van der Waals surface area contributed by atoms with Crippen LogP contribution in [0, 0.1) is 11.3 Å². The molecule has 34 heavy (non-hydrogen) atoms. The summed E-state index contributed by atoms with van der Waals surface area (Å²) in [5, 5.41) is 3.23. The van der Waals surface area contributed by atoms with E-state index < -0.39 is 0 Å². The Labute approximate surface area is 203 Å². The van der Waals surface area contributed by atoms with Gasteiger partial charge in [-0.1, -0.05) is 70.0 Å². The average molecular weight is 459 g/mol. The van der Waals surface area contributed by atoms with Gasteiger partial charge in [-0.05, 0) is 54.8 Å². The first-order chi connectivity index (χ1) is 16.4. The molecule has 1 N–H and O–H groups in total. The summed E-state index contributed by atoms with van der Waals surface area (Å²) in [6.07, 6.45) is 8.33. The lowest BCUT2D eigenvalue weighted by Crippen LogP contribution is -2.38. The molecule has 1 aromatic carbocycles. The maximum atomic E-state index is 13.3. The van der Waals surface area contributed by atoms with Gasteiger partial charge < -0.3 is 5.32 Å². The molecule has 1 aliphatic carbocycles. The van der Waals surface area contributed by atoms with Crippen LogP contribution >= 0.6 is 0 Å². The molecule has 5 nitrogen and oxygen atoms in total. The number of amides is 1. The molecule has 2 aromatic heterocycles. The predicted molar refractivity (Wildman–Crippen MR) is 137 cm³/mol. The molecule has 2 unspecified atom stereocenters. The molecule has 0 radical (unpaired) electrons. The van der Waals surface area contributed by atoms with Gasteiger partial charge in [-0.2, -0.15) is 0 Å². The van der Waals surface area contributed by atoms with Crippen molar-refractivity contribution < 1.29 is 4.79 Å². The molecular formula is C29H38N4O. The van der Waals surface area contributed by atoms with Crippen LogP contribution in [-0.2, 0) is 6.54 Å². The molecule has 0 spiro atoms. The van der Waals surface area contributed by atoms with Crippen molar-refractivity contribution in [2.45, 2.75) is 71.4 Å². The molecule has 0 bridgehead atoms. The van der Waals surface area contributed by atoms with Crippen LogP contribution in [0.4, 0.5) is 0 Å². The average Bonchev–Trinajstić information content (AvgIpc) is 3.33. The number of rotatable bonds is 8. The van der Waals surface area contributed by atoms with Crippen LogP contribution in [0.2, 0.25) is 0 Å². The van der Waals surface area contributed by atoms with E-state index in [2.05, 4.69) is 67.5 Å². The summed E-state index contributed by atoms with van der Waals surface area (Å²) >= 11 is 0. The molecule has 180 valence electrons. The van der Waals surface area contributed by atoms with Gasteiger partial charge in [0, 0.05) is 31.2 Å². The summed E-state index contributed by atoms with van der Waals surface area (Å²) in [6, 6.07) is 17.0. The van der Waals surface area contributed by atoms with E-state index in [1.165, 1.54) is 31.2 Å². The van der Waals surface area contributed by atoms with Crippen molar-refractivity contribution in [3.8, 4) is 0 Å². The van der Waals surface area contributed by atoms with Crippen molar-refractivity contribution in [3.05, 3.63) is 71.7 Å². The Balaban J connectivity index is 1.30. The van der Waals surface area contributed by atoms with Crippen molar-refractivity contribution >= 4 is 11.6 Å². The predicted octanol–water partition coefficient (Wildman–Crippen LogP) is 5.66. The smallest absolute Gasteiger partial charge is 0.268 e. The second-order valence-electron chi connectivity index (χ2n) is 11.4. The van der Waals surface area contributed by atoms with E-state index in [-0.39, 0.29) is 11.3 Å². The highest BCUT2D eigenvalue weighted by Gasteiger charge is 2.34. The minimum Gasteiger partial charge on any atom is -0.350 e. The third kappa shape index (κ3) is 5.20. The molecule has 1 saturated carbocycles. The standard InChI is InChI=1S/C29H38N4O/c1-29(2,3)26-12-8-16-32(26)19-24-20-33-25(11-7-13-27(33)31-24)28(34)30-18-23(17-21-14-15-21)22-9-5-4-6-10-22/h4-7,9-11,13,20-21,23,26H,8,12,14-19H2,1-3H3,(H,30,34). The highest BCUT2D eigenvalue weighted by Crippen LogP contribution is 2.38. The number of hydrogen-bond donors (Lipinski definition) is 1. The lowest BCUT2D eigenvalue weighted by atomic mass is 9.85. The number of pyridine rings is 1. The summed E-state index contributed by atoms with van der Waals surface area (Å²) in [6.45, 7) is 9.60. The number of carbonyl (C=O) groups excluding carboxylic acids is 1. The normalized spacial score (nSPS) is 20.0. The minimum absolute atomic E-state index is 0.0278. The second kappa shape index (κ2) is 9.53. The molecule has 1 amide bonds. The molecule has 5 rings (SSSR count). The van der Waals surface area contributed by atoms with Gasteiger partial charge in [0.2, 0.25) is 0 Å². The first-order valence-corrected chi connectivity index (χ1v) is 12.9. The van der Waals surface area contributed by atoms with E-state index in [0.29, 0.717) is 24.2 Å². The van der Waals surface area contributed by atoms with Crippen molar-refractivity contribution in [1.29, 1.82) is 0 Å². The monoisotopic (exact) mass is 458 g/mol. The fourth-order valence-corrected chi connectivity index (χ4v) is 5.65. The van der Waals surface area contributed by atoms with Gasteiger partial charge >= 0.3 is 0 Å². The molecule has 1 saturated heterocycles. The number of fused-ring (bicyclic) bond motifs is 1. The Morgan fingerprint density at radius 2 is 1.88 bits per heavy atom. The van der Waals surface area contributed by atoms with Crippen LogP contribution < -0.4 is 5.32 Å². The Morgan fingerprint density at radius 3 is 2.62 bits per heavy atom. The van der Waals surface area contributed by atoms with Gasteiger partial charge in [-0.15, -0.1) is 0 Å². The van der Waals surface area contributed by atoms with Crippen molar-refractivity contribution in [2.75, 3.05) is 13.1 Å².